The molecule has 3 nitrogen and oxygen atoms in total. The van der Waals surface area contributed by atoms with Crippen molar-refractivity contribution in [2.24, 2.45) is 5.92 Å². The molecule has 0 saturated heterocycles. The topological polar surface area (TPSA) is 49.3 Å². The molecule has 0 rings (SSSR count). The number of carbonyl (C=O) groups is 1. The Hall–Kier alpha value is -0.570. The molecule has 0 aliphatic rings. The largest absolute Gasteiger partial charge is 0.393 e. The summed E-state index contributed by atoms with van der Waals surface area (Å²) in [6, 6.07) is 0. The molecule has 0 radical (unpaired) electrons. The standard InChI is InChI=1S/C13H27NO2/c1-4-6-7-8-9-14-13(16)11(3)10-12(15)5-2/h11-12,15H,4-10H2,1-3H3,(H,14,16). The minimum atomic E-state index is -0.346. The Morgan fingerprint density at radius 2 is 1.94 bits per heavy atom. The summed E-state index contributed by atoms with van der Waals surface area (Å²) in [5, 5.41) is 12.4. The van der Waals surface area contributed by atoms with Gasteiger partial charge in [0, 0.05) is 12.5 Å². The highest BCUT2D eigenvalue weighted by atomic mass is 16.3. The van der Waals surface area contributed by atoms with E-state index < -0.39 is 0 Å². The van der Waals surface area contributed by atoms with Crippen LogP contribution in [0, 0.1) is 5.92 Å². The molecule has 0 fully saturated rings. The van der Waals surface area contributed by atoms with Crippen molar-refractivity contribution >= 4 is 5.91 Å². The van der Waals surface area contributed by atoms with E-state index in [0.29, 0.717) is 12.8 Å². The zero-order chi connectivity index (χ0) is 12.4. The zero-order valence-corrected chi connectivity index (χ0v) is 11.0. The van der Waals surface area contributed by atoms with Crippen molar-refractivity contribution in [3.05, 3.63) is 0 Å². The summed E-state index contributed by atoms with van der Waals surface area (Å²) in [4.78, 5) is 11.6. The van der Waals surface area contributed by atoms with Crippen LogP contribution in [0.25, 0.3) is 0 Å². The van der Waals surface area contributed by atoms with Gasteiger partial charge in [-0.2, -0.15) is 0 Å². The maximum Gasteiger partial charge on any atom is 0.222 e. The number of unbranched alkanes of at least 4 members (excludes halogenated alkanes) is 3. The van der Waals surface area contributed by atoms with Gasteiger partial charge in [0.15, 0.2) is 0 Å². The Labute approximate surface area is 99.6 Å². The predicted molar refractivity (Wildman–Crippen MR) is 67.2 cm³/mol. The molecule has 96 valence electrons. The van der Waals surface area contributed by atoms with Gasteiger partial charge >= 0.3 is 0 Å². The average molecular weight is 229 g/mol. The van der Waals surface area contributed by atoms with Crippen molar-refractivity contribution in [2.75, 3.05) is 6.54 Å². The van der Waals surface area contributed by atoms with Gasteiger partial charge in [-0.1, -0.05) is 40.0 Å². The SMILES string of the molecule is CCCCCCNC(=O)C(C)CC(O)CC. The third kappa shape index (κ3) is 7.69. The lowest BCUT2D eigenvalue weighted by Gasteiger charge is -2.15. The van der Waals surface area contributed by atoms with Crippen LogP contribution in [0.4, 0.5) is 0 Å². The first kappa shape index (κ1) is 15.4. The van der Waals surface area contributed by atoms with Crippen LogP contribution >= 0.6 is 0 Å². The smallest absolute Gasteiger partial charge is 0.222 e. The van der Waals surface area contributed by atoms with Crippen molar-refractivity contribution < 1.29 is 9.90 Å². The van der Waals surface area contributed by atoms with E-state index in [1.807, 2.05) is 13.8 Å². The van der Waals surface area contributed by atoms with Crippen molar-refractivity contribution in [3.63, 3.8) is 0 Å². The number of aliphatic hydroxyl groups excluding tert-OH is 1. The molecule has 0 spiro atoms. The van der Waals surface area contributed by atoms with Gasteiger partial charge in [0.25, 0.3) is 0 Å². The second-order valence-corrected chi connectivity index (χ2v) is 4.55. The molecule has 0 aromatic carbocycles. The van der Waals surface area contributed by atoms with Crippen LogP contribution in [0.2, 0.25) is 0 Å². The number of amides is 1. The molecule has 0 saturated carbocycles. The zero-order valence-electron chi connectivity index (χ0n) is 11.0. The van der Waals surface area contributed by atoms with E-state index in [2.05, 4.69) is 12.2 Å². The number of aliphatic hydroxyl groups is 1. The van der Waals surface area contributed by atoms with Crippen LogP contribution < -0.4 is 5.32 Å². The highest BCUT2D eigenvalue weighted by Gasteiger charge is 2.15. The van der Waals surface area contributed by atoms with Crippen LogP contribution in [0.5, 0.6) is 0 Å². The number of hydrogen-bond donors (Lipinski definition) is 2. The Balaban J connectivity index is 3.55. The number of nitrogens with one attached hydrogen (secondary N) is 1. The van der Waals surface area contributed by atoms with Gasteiger partial charge < -0.3 is 10.4 Å². The second kappa shape index (κ2) is 9.64. The third-order valence-corrected chi connectivity index (χ3v) is 2.87. The van der Waals surface area contributed by atoms with E-state index in [1.54, 1.807) is 0 Å². The molecule has 0 bridgehead atoms. The molecule has 0 heterocycles. The summed E-state index contributed by atoms with van der Waals surface area (Å²) in [5.74, 6) is -0.00914. The first-order chi connectivity index (χ1) is 7.61. The lowest BCUT2D eigenvalue weighted by atomic mass is 10.0. The maximum atomic E-state index is 11.6. The van der Waals surface area contributed by atoms with E-state index in [4.69, 9.17) is 0 Å². The summed E-state index contributed by atoms with van der Waals surface area (Å²) in [7, 11) is 0. The first-order valence-electron chi connectivity index (χ1n) is 6.57. The minimum absolute atomic E-state index is 0.0731. The monoisotopic (exact) mass is 229 g/mol. The van der Waals surface area contributed by atoms with Crippen LogP contribution in [-0.2, 0) is 4.79 Å². The van der Waals surface area contributed by atoms with Crippen LogP contribution in [-0.4, -0.2) is 23.7 Å². The van der Waals surface area contributed by atoms with E-state index >= 15 is 0 Å². The van der Waals surface area contributed by atoms with E-state index in [1.165, 1.54) is 19.3 Å². The van der Waals surface area contributed by atoms with Gasteiger partial charge in [-0.05, 0) is 19.3 Å². The molecular weight excluding hydrogens is 202 g/mol. The number of rotatable bonds is 9. The Morgan fingerprint density at radius 3 is 2.50 bits per heavy atom. The van der Waals surface area contributed by atoms with Crippen molar-refractivity contribution in [3.8, 4) is 0 Å². The average Bonchev–Trinajstić information content (AvgIpc) is 2.28. The lowest BCUT2D eigenvalue weighted by Crippen LogP contribution is -2.31. The van der Waals surface area contributed by atoms with Crippen molar-refractivity contribution in [2.45, 2.75) is 65.4 Å². The summed E-state index contributed by atoms with van der Waals surface area (Å²) in [6.07, 6.45) is 5.63. The molecule has 0 aliphatic carbocycles. The van der Waals surface area contributed by atoms with Crippen LogP contribution in [0.15, 0.2) is 0 Å². The molecule has 16 heavy (non-hydrogen) atoms. The Kier molecular flexibility index (Phi) is 9.30. The quantitative estimate of drug-likeness (QED) is 0.597. The predicted octanol–water partition coefficient (Wildman–Crippen LogP) is 2.48. The van der Waals surface area contributed by atoms with Crippen LogP contribution in [0.3, 0.4) is 0 Å². The summed E-state index contributed by atoms with van der Waals surface area (Å²) in [6.45, 7) is 6.75. The highest BCUT2D eigenvalue weighted by Crippen LogP contribution is 2.08. The Morgan fingerprint density at radius 1 is 1.25 bits per heavy atom. The van der Waals surface area contributed by atoms with E-state index in [9.17, 15) is 9.90 Å². The van der Waals surface area contributed by atoms with Gasteiger partial charge in [0.2, 0.25) is 5.91 Å². The molecule has 0 aliphatic heterocycles. The summed E-state index contributed by atoms with van der Waals surface area (Å²) >= 11 is 0. The first-order valence-corrected chi connectivity index (χ1v) is 6.57. The highest BCUT2D eigenvalue weighted by molar-refractivity contribution is 5.78. The molecule has 0 aromatic rings. The molecule has 2 unspecified atom stereocenters. The molecule has 0 aromatic heterocycles. The third-order valence-electron chi connectivity index (χ3n) is 2.87. The normalized spacial score (nSPS) is 14.5. The fourth-order valence-electron chi connectivity index (χ4n) is 1.62. The fourth-order valence-corrected chi connectivity index (χ4v) is 1.62. The van der Waals surface area contributed by atoms with Gasteiger partial charge in [0.1, 0.15) is 0 Å². The molecule has 2 atom stereocenters. The lowest BCUT2D eigenvalue weighted by molar-refractivity contribution is -0.125. The summed E-state index contributed by atoms with van der Waals surface area (Å²) in [5.41, 5.74) is 0. The summed E-state index contributed by atoms with van der Waals surface area (Å²) < 4.78 is 0. The minimum Gasteiger partial charge on any atom is -0.393 e. The van der Waals surface area contributed by atoms with E-state index in [-0.39, 0.29) is 17.9 Å². The Bertz CT molecular complexity index is 183. The molecule has 1 amide bonds. The van der Waals surface area contributed by atoms with Crippen molar-refractivity contribution in [1.82, 2.24) is 5.32 Å². The van der Waals surface area contributed by atoms with E-state index in [0.717, 1.165) is 13.0 Å². The number of carbonyl (C=O) groups excluding carboxylic acids is 1. The van der Waals surface area contributed by atoms with Crippen molar-refractivity contribution in [1.29, 1.82) is 0 Å². The fraction of sp³-hybridized carbons (Fsp3) is 0.923. The van der Waals surface area contributed by atoms with Gasteiger partial charge in [-0.15, -0.1) is 0 Å². The molecule has 3 heteroatoms. The van der Waals surface area contributed by atoms with Gasteiger partial charge in [-0.25, -0.2) is 0 Å². The maximum absolute atomic E-state index is 11.6. The van der Waals surface area contributed by atoms with Gasteiger partial charge in [-0.3, -0.25) is 4.79 Å². The molecule has 2 N–H and O–H groups in total. The number of hydrogen-bond acceptors (Lipinski definition) is 2. The van der Waals surface area contributed by atoms with Gasteiger partial charge in [0.05, 0.1) is 6.10 Å². The van der Waals surface area contributed by atoms with Crippen LogP contribution in [0.1, 0.15) is 59.3 Å². The second-order valence-electron chi connectivity index (χ2n) is 4.55. The molecular formula is C13H27NO2.